The van der Waals surface area contributed by atoms with Gasteiger partial charge in [-0.25, -0.2) is 0 Å². The van der Waals surface area contributed by atoms with Crippen molar-refractivity contribution in [2.75, 3.05) is 6.61 Å². The van der Waals surface area contributed by atoms with Gasteiger partial charge in [0.1, 0.15) is 0 Å². The molecule has 1 heterocycles. The molecule has 0 aromatic rings. The lowest BCUT2D eigenvalue weighted by atomic mass is 9.90. The van der Waals surface area contributed by atoms with Gasteiger partial charge in [-0.1, -0.05) is 56.6 Å². The van der Waals surface area contributed by atoms with E-state index >= 15 is 0 Å². The predicted octanol–water partition coefficient (Wildman–Crippen LogP) is 5.61. The summed E-state index contributed by atoms with van der Waals surface area (Å²) in [5.41, 5.74) is 0. The first-order valence-electron chi connectivity index (χ1n) is 11.6. The molecule has 30 heavy (non-hydrogen) atoms. The topological polar surface area (TPSA) is 72.8 Å². The number of aliphatic carboxylic acids is 1. The number of carbonyl (C=O) groups excluding carboxylic acids is 1. The second kappa shape index (κ2) is 14.3. The Hall–Kier alpha value is -1.72. The Kier molecular flexibility index (Phi) is 11.7. The van der Waals surface area contributed by atoms with Crippen molar-refractivity contribution in [3.8, 4) is 0 Å². The van der Waals surface area contributed by atoms with Gasteiger partial charge < -0.3 is 14.6 Å². The summed E-state index contributed by atoms with van der Waals surface area (Å²) in [6.45, 7) is 2.96. The number of carboxylic acid groups (broad SMARTS) is 1. The summed E-state index contributed by atoms with van der Waals surface area (Å²) >= 11 is 0. The maximum atomic E-state index is 12.4. The van der Waals surface area contributed by atoms with Crippen molar-refractivity contribution in [2.45, 2.75) is 89.9 Å². The van der Waals surface area contributed by atoms with Crippen LogP contribution in [0.1, 0.15) is 77.6 Å². The van der Waals surface area contributed by atoms with E-state index in [2.05, 4.69) is 19.1 Å². The molecule has 1 saturated heterocycles. The zero-order valence-corrected chi connectivity index (χ0v) is 18.3. The smallest absolute Gasteiger partial charge is 0.303 e. The van der Waals surface area contributed by atoms with Crippen LogP contribution in [0.3, 0.4) is 0 Å². The zero-order valence-electron chi connectivity index (χ0n) is 18.3. The summed E-state index contributed by atoms with van der Waals surface area (Å²) < 4.78 is 12.0. The minimum atomic E-state index is -0.757. The minimum absolute atomic E-state index is 0.0136. The summed E-state index contributed by atoms with van der Waals surface area (Å²) in [7, 11) is 0. The summed E-state index contributed by atoms with van der Waals surface area (Å²) in [6, 6.07) is 0. The Labute approximate surface area is 181 Å². The molecular weight excluding hydrogens is 380 g/mol. The maximum absolute atomic E-state index is 12.4. The first-order valence-corrected chi connectivity index (χ1v) is 11.6. The highest BCUT2D eigenvalue weighted by atomic mass is 16.7. The molecule has 4 atom stereocenters. The van der Waals surface area contributed by atoms with Gasteiger partial charge >= 0.3 is 5.97 Å². The highest BCUT2D eigenvalue weighted by Crippen LogP contribution is 2.28. The number of carbonyl (C=O) groups is 2. The lowest BCUT2D eigenvalue weighted by molar-refractivity contribution is -0.179. The van der Waals surface area contributed by atoms with Gasteiger partial charge in [-0.2, -0.15) is 0 Å². The third-order valence-electron chi connectivity index (χ3n) is 5.72. The van der Waals surface area contributed by atoms with Gasteiger partial charge in [0.05, 0.1) is 6.10 Å². The number of unbranched alkanes of at least 4 members (excludes halogenated alkanes) is 3. The van der Waals surface area contributed by atoms with Crippen LogP contribution in [0.4, 0.5) is 0 Å². The predicted molar refractivity (Wildman–Crippen MR) is 118 cm³/mol. The van der Waals surface area contributed by atoms with Crippen molar-refractivity contribution in [3.63, 3.8) is 0 Å². The molecule has 0 aromatic heterocycles. The van der Waals surface area contributed by atoms with E-state index in [4.69, 9.17) is 14.6 Å². The second-order valence-electron chi connectivity index (χ2n) is 8.30. The van der Waals surface area contributed by atoms with Crippen LogP contribution in [0.5, 0.6) is 0 Å². The maximum Gasteiger partial charge on any atom is 0.303 e. The lowest BCUT2D eigenvalue weighted by Gasteiger charge is -2.27. The van der Waals surface area contributed by atoms with Crippen LogP contribution in [0, 0.1) is 11.8 Å². The third kappa shape index (κ3) is 9.40. The molecule has 2 rings (SSSR count). The van der Waals surface area contributed by atoms with Gasteiger partial charge in [0, 0.05) is 18.9 Å². The number of hydrogen-bond acceptors (Lipinski definition) is 4. The van der Waals surface area contributed by atoms with E-state index in [1.165, 1.54) is 12.8 Å². The van der Waals surface area contributed by atoms with Crippen molar-refractivity contribution < 1.29 is 24.2 Å². The molecule has 5 heteroatoms. The van der Waals surface area contributed by atoms with Crippen LogP contribution in [0.2, 0.25) is 0 Å². The van der Waals surface area contributed by atoms with Crippen molar-refractivity contribution in [2.24, 2.45) is 11.8 Å². The van der Waals surface area contributed by atoms with Gasteiger partial charge in [0.2, 0.25) is 0 Å². The number of ketones is 1. The summed E-state index contributed by atoms with van der Waals surface area (Å²) in [6.07, 6.45) is 21.7. The van der Waals surface area contributed by atoms with Crippen LogP contribution in [-0.2, 0) is 19.1 Å². The number of carboxylic acids is 1. The van der Waals surface area contributed by atoms with Crippen molar-refractivity contribution in [1.82, 2.24) is 0 Å². The molecule has 0 amide bonds. The summed E-state index contributed by atoms with van der Waals surface area (Å²) in [5, 5.41) is 8.69. The molecule has 1 N–H and O–H groups in total. The van der Waals surface area contributed by atoms with E-state index in [1.54, 1.807) is 6.08 Å². The fraction of sp³-hybridized carbons (Fsp3) is 0.680. The third-order valence-corrected chi connectivity index (χ3v) is 5.72. The molecule has 0 aromatic carbocycles. The molecule has 0 radical (unpaired) electrons. The second-order valence-corrected chi connectivity index (χ2v) is 8.30. The van der Waals surface area contributed by atoms with Crippen LogP contribution in [-0.4, -0.2) is 35.9 Å². The molecule has 2 aliphatic rings. The van der Waals surface area contributed by atoms with Crippen molar-refractivity contribution in [3.05, 3.63) is 36.5 Å². The molecule has 168 valence electrons. The highest BCUT2D eigenvalue weighted by molar-refractivity contribution is 5.95. The van der Waals surface area contributed by atoms with E-state index in [9.17, 15) is 9.59 Å². The first kappa shape index (κ1) is 24.5. The Bertz CT molecular complexity index is 601. The normalized spacial score (nSPS) is 25.5. The van der Waals surface area contributed by atoms with E-state index in [-0.39, 0.29) is 36.4 Å². The van der Waals surface area contributed by atoms with E-state index in [1.807, 2.05) is 18.2 Å². The molecule has 0 bridgehead atoms. The van der Waals surface area contributed by atoms with Crippen LogP contribution < -0.4 is 0 Å². The molecular formula is C25H38O5. The fourth-order valence-electron chi connectivity index (χ4n) is 3.93. The Morgan fingerprint density at radius 3 is 2.90 bits per heavy atom. The molecule has 5 nitrogen and oxygen atoms in total. The molecule has 1 aliphatic heterocycles. The Morgan fingerprint density at radius 1 is 1.30 bits per heavy atom. The highest BCUT2D eigenvalue weighted by Gasteiger charge is 2.27. The standard InChI is InChI=1S/C25H38O5/c1-2-3-6-12-21(30-25-14-9-10-19-29-25)16-17-22-20(15-18-23(22)26)11-7-4-5-8-13-24(27)28/h4,7,15-18,20-22,25H,2-3,5-6,8-14,19H2,1H3,(H,27,28)/b7-4-,17-16+/t20-,21-,22+,25?/m0/s1. The van der Waals surface area contributed by atoms with Crippen molar-refractivity contribution in [1.29, 1.82) is 0 Å². The van der Waals surface area contributed by atoms with E-state index in [0.717, 1.165) is 51.6 Å². The molecule has 1 unspecified atom stereocenters. The molecule has 0 saturated carbocycles. The lowest BCUT2D eigenvalue weighted by Crippen LogP contribution is -2.27. The van der Waals surface area contributed by atoms with E-state index < -0.39 is 5.97 Å². The molecule has 1 fully saturated rings. The monoisotopic (exact) mass is 418 g/mol. The van der Waals surface area contributed by atoms with Crippen LogP contribution >= 0.6 is 0 Å². The first-order chi connectivity index (χ1) is 14.6. The zero-order chi connectivity index (χ0) is 21.6. The average Bonchev–Trinajstić information content (AvgIpc) is 3.08. The van der Waals surface area contributed by atoms with Crippen LogP contribution in [0.15, 0.2) is 36.5 Å². The van der Waals surface area contributed by atoms with Gasteiger partial charge in [0.25, 0.3) is 0 Å². The number of allylic oxidation sites excluding steroid dienone is 5. The fourth-order valence-corrected chi connectivity index (χ4v) is 3.93. The van der Waals surface area contributed by atoms with Crippen molar-refractivity contribution >= 4 is 11.8 Å². The van der Waals surface area contributed by atoms with Gasteiger partial charge in [-0.3, -0.25) is 9.59 Å². The quantitative estimate of drug-likeness (QED) is 0.293. The summed E-state index contributed by atoms with van der Waals surface area (Å²) in [4.78, 5) is 22.9. The average molecular weight is 419 g/mol. The minimum Gasteiger partial charge on any atom is -0.481 e. The van der Waals surface area contributed by atoms with Gasteiger partial charge in [0.15, 0.2) is 12.1 Å². The number of rotatable bonds is 14. The largest absolute Gasteiger partial charge is 0.481 e. The molecule has 0 spiro atoms. The Balaban J connectivity index is 1.87. The summed E-state index contributed by atoms with van der Waals surface area (Å²) in [5.74, 6) is -0.589. The van der Waals surface area contributed by atoms with Crippen LogP contribution in [0.25, 0.3) is 0 Å². The van der Waals surface area contributed by atoms with E-state index in [0.29, 0.717) is 6.42 Å². The number of ether oxygens (including phenoxy) is 2. The van der Waals surface area contributed by atoms with Gasteiger partial charge in [-0.15, -0.1) is 0 Å². The number of hydrogen-bond donors (Lipinski definition) is 1. The van der Waals surface area contributed by atoms with Gasteiger partial charge in [-0.05, 0) is 56.9 Å². The Morgan fingerprint density at radius 2 is 2.17 bits per heavy atom. The molecule has 1 aliphatic carbocycles. The SMILES string of the molecule is CCCCC[C@@H](/C=C/[C@H]1C(=O)C=C[C@@H]1C/C=C\CCCC(=O)O)OC1CCCCO1.